The lowest BCUT2D eigenvalue weighted by Gasteiger charge is -2.32. The number of aromatic nitrogens is 2. The van der Waals surface area contributed by atoms with E-state index in [1.54, 1.807) is 12.1 Å². The Morgan fingerprint density at radius 2 is 2.00 bits per heavy atom. The first kappa shape index (κ1) is 20.4. The van der Waals surface area contributed by atoms with Gasteiger partial charge in [0.1, 0.15) is 30.1 Å². The van der Waals surface area contributed by atoms with Gasteiger partial charge < -0.3 is 14.4 Å². The van der Waals surface area contributed by atoms with Gasteiger partial charge in [-0.3, -0.25) is 4.90 Å². The molecule has 4 rings (SSSR count). The Bertz CT molecular complexity index is 964. The number of β-amino-alcohol motifs (C(OH)–C–C–N with tert-alkyl or cyclic N) is 1. The highest BCUT2D eigenvalue weighted by molar-refractivity contribution is 5.53. The van der Waals surface area contributed by atoms with Gasteiger partial charge in [-0.1, -0.05) is 17.3 Å². The molecule has 1 aliphatic rings. The van der Waals surface area contributed by atoms with Gasteiger partial charge in [-0.15, -0.1) is 0 Å². The Morgan fingerprint density at radius 1 is 1.17 bits per heavy atom. The highest BCUT2D eigenvalue weighted by Gasteiger charge is 2.27. The minimum absolute atomic E-state index is 0.0544. The average molecular weight is 415 g/mol. The first-order valence-corrected chi connectivity index (χ1v) is 9.95. The van der Waals surface area contributed by atoms with Gasteiger partial charge in [0.25, 0.3) is 0 Å². The van der Waals surface area contributed by atoms with E-state index in [0.29, 0.717) is 36.1 Å². The molecule has 30 heavy (non-hydrogen) atoms. The normalized spacial score (nSPS) is 18.3. The number of likely N-dealkylation sites (tertiary alicyclic amines) is 1. The number of halogens is 2. The molecule has 1 aromatic heterocycles. The predicted octanol–water partition coefficient (Wildman–Crippen LogP) is 3.63. The van der Waals surface area contributed by atoms with E-state index in [1.807, 2.05) is 0 Å². The van der Waals surface area contributed by atoms with E-state index in [0.717, 1.165) is 19.4 Å². The highest BCUT2D eigenvalue weighted by Crippen LogP contribution is 2.28. The zero-order chi connectivity index (χ0) is 20.9. The summed E-state index contributed by atoms with van der Waals surface area (Å²) in [7, 11) is 0. The topological polar surface area (TPSA) is 71.6 Å². The number of benzene rings is 2. The molecule has 1 N–H and O–H groups in total. The van der Waals surface area contributed by atoms with Crippen molar-refractivity contribution >= 4 is 0 Å². The second kappa shape index (κ2) is 9.32. The predicted molar refractivity (Wildman–Crippen MR) is 106 cm³/mol. The van der Waals surface area contributed by atoms with E-state index in [2.05, 4.69) is 15.0 Å². The van der Waals surface area contributed by atoms with Gasteiger partial charge in [0.15, 0.2) is 0 Å². The van der Waals surface area contributed by atoms with Crippen molar-refractivity contribution < 1.29 is 23.1 Å². The summed E-state index contributed by atoms with van der Waals surface area (Å²) in [5.41, 5.74) is 0.575. The first-order chi connectivity index (χ1) is 14.6. The molecule has 0 radical (unpaired) electrons. The fraction of sp³-hybridized carbons (Fsp3) is 0.364. The van der Waals surface area contributed by atoms with Crippen LogP contribution >= 0.6 is 0 Å². The Kier molecular flexibility index (Phi) is 6.35. The van der Waals surface area contributed by atoms with Crippen molar-refractivity contribution in [3.8, 4) is 17.1 Å². The van der Waals surface area contributed by atoms with Crippen molar-refractivity contribution in [2.24, 2.45) is 0 Å². The Morgan fingerprint density at radius 3 is 2.80 bits per heavy atom. The standard InChI is InChI=1S/C22H23F2N3O3/c23-17-6-8-20(9-7-17)29-14-19(28)13-27-10-2-4-16(12-27)22-25-21(26-30-22)15-3-1-5-18(24)11-15/h1,3,5-9,11,16,19,28H,2,4,10,12-14H2. The third-order valence-electron chi connectivity index (χ3n) is 5.10. The van der Waals surface area contributed by atoms with Crippen LogP contribution in [0.4, 0.5) is 8.78 Å². The van der Waals surface area contributed by atoms with Crippen LogP contribution < -0.4 is 4.74 Å². The molecule has 1 saturated heterocycles. The molecule has 2 heterocycles. The van der Waals surface area contributed by atoms with E-state index in [-0.39, 0.29) is 24.2 Å². The zero-order valence-corrected chi connectivity index (χ0v) is 16.4. The molecule has 0 saturated carbocycles. The number of nitrogens with zero attached hydrogens (tertiary/aromatic N) is 3. The number of ether oxygens (including phenoxy) is 1. The molecule has 8 heteroatoms. The van der Waals surface area contributed by atoms with E-state index >= 15 is 0 Å². The van der Waals surface area contributed by atoms with Crippen molar-refractivity contribution in [1.29, 1.82) is 0 Å². The molecule has 6 nitrogen and oxygen atoms in total. The summed E-state index contributed by atoms with van der Waals surface area (Å²) in [5, 5.41) is 14.3. The van der Waals surface area contributed by atoms with E-state index in [1.165, 1.54) is 36.4 Å². The SMILES string of the molecule is OC(COc1ccc(F)cc1)CN1CCCC(c2nc(-c3cccc(F)c3)no2)C1. The first-order valence-electron chi connectivity index (χ1n) is 9.95. The van der Waals surface area contributed by atoms with Crippen LogP contribution in [0.2, 0.25) is 0 Å². The molecule has 3 aromatic rings. The highest BCUT2D eigenvalue weighted by atomic mass is 19.1. The maximum atomic E-state index is 13.4. The van der Waals surface area contributed by atoms with E-state index in [9.17, 15) is 13.9 Å². The van der Waals surface area contributed by atoms with Gasteiger partial charge in [0, 0.05) is 18.7 Å². The van der Waals surface area contributed by atoms with Crippen molar-refractivity contribution in [3.63, 3.8) is 0 Å². The third-order valence-corrected chi connectivity index (χ3v) is 5.10. The molecule has 0 bridgehead atoms. The Balaban J connectivity index is 1.31. The quantitative estimate of drug-likeness (QED) is 0.635. The second-order valence-electron chi connectivity index (χ2n) is 7.48. The Labute approximate surface area is 173 Å². The molecule has 2 unspecified atom stereocenters. The number of hydrogen-bond donors (Lipinski definition) is 1. The van der Waals surface area contributed by atoms with Gasteiger partial charge in [-0.2, -0.15) is 4.98 Å². The smallest absolute Gasteiger partial charge is 0.231 e. The zero-order valence-electron chi connectivity index (χ0n) is 16.4. The van der Waals surface area contributed by atoms with Crippen LogP contribution in [0.25, 0.3) is 11.4 Å². The van der Waals surface area contributed by atoms with E-state index < -0.39 is 6.10 Å². The molecule has 2 aromatic carbocycles. The molecule has 2 atom stereocenters. The molecule has 0 spiro atoms. The van der Waals surface area contributed by atoms with Crippen molar-refractivity contribution in [2.75, 3.05) is 26.2 Å². The number of aliphatic hydroxyl groups excluding tert-OH is 1. The average Bonchev–Trinajstić information content (AvgIpc) is 3.24. The molecule has 1 fully saturated rings. The lowest BCUT2D eigenvalue weighted by Crippen LogP contribution is -2.41. The number of aliphatic hydroxyl groups is 1. The van der Waals surface area contributed by atoms with Crippen LogP contribution in [0.1, 0.15) is 24.7 Å². The van der Waals surface area contributed by atoms with Crippen molar-refractivity contribution in [3.05, 3.63) is 66.1 Å². The number of hydrogen-bond acceptors (Lipinski definition) is 6. The van der Waals surface area contributed by atoms with Gasteiger partial charge in [-0.25, -0.2) is 8.78 Å². The minimum atomic E-state index is -0.681. The molecular weight excluding hydrogens is 392 g/mol. The monoisotopic (exact) mass is 415 g/mol. The second-order valence-corrected chi connectivity index (χ2v) is 7.48. The van der Waals surface area contributed by atoms with E-state index in [4.69, 9.17) is 9.26 Å². The molecular formula is C22H23F2N3O3. The van der Waals surface area contributed by atoms with Gasteiger partial charge in [0.05, 0.1) is 5.92 Å². The summed E-state index contributed by atoms with van der Waals surface area (Å²) in [6, 6.07) is 11.8. The lowest BCUT2D eigenvalue weighted by atomic mass is 9.97. The summed E-state index contributed by atoms with van der Waals surface area (Å²) in [6.45, 7) is 2.10. The van der Waals surface area contributed by atoms with Gasteiger partial charge >= 0.3 is 0 Å². The summed E-state index contributed by atoms with van der Waals surface area (Å²) in [4.78, 5) is 6.59. The van der Waals surface area contributed by atoms with Gasteiger partial charge in [0.2, 0.25) is 11.7 Å². The maximum absolute atomic E-state index is 13.4. The lowest BCUT2D eigenvalue weighted by molar-refractivity contribution is 0.0561. The van der Waals surface area contributed by atoms with Crippen LogP contribution in [-0.4, -0.2) is 52.5 Å². The van der Waals surface area contributed by atoms with Crippen LogP contribution in [0.3, 0.4) is 0 Å². The minimum Gasteiger partial charge on any atom is -0.491 e. The Hall–Kier alpha value is -2.84. The third kappa shape index (κ3) is 5.20. The fourth-order valence-corrected chi connectivity index (χ4v) is 3.64. The van der Waals surface area contributed by atoms with Crippen molar-refractivity contribution in [1.82, 2.24) is 15.0 Å². The summed E-state index contributed by atoms with van der Waals surface area (Å²) < 4.78 is 37.3. The van der Waals surface area contributed by atoms with Crippen LogP contribution in [-0.2, 0) is 0 Å². The maximum Gasteiger partial charge on any atom is 0.231 e. The molecule has 1 aliphatic heterocycles. The molecule has 0 aliphatic carbocycles. The van der Waals surface area contributed by atoms with Crippen molar-refractivity contribution in [2.45, 2.75) is 24.9 Å². The summed E-state index contributed by atoms with van der Waals surface area (Å²) >= 11 is 0. The molecule has 158 valence electrons. The van der Waals surface area contributed by atoms with Crippen LogP contribution in [0.5, 0.6) is 5.75 Å². The van der Waals surface area contributed by atoms with Crippen LogP contribution in [0, 0.1) is 11.6 Å². The van der Waals surface area contributed by atoms with Gasteiger partial charge in [-0.05, 0) is 55.8 Å². The largest absolute Gasteiger partial charge is 0.491 e. The number of piperidine rings is 1. The number of rotatable bonds is 7. The fourth-order valence-electron chi connectivity index (χ4n) is 3.64. The molecule has 0 amide bonds. The summed E-state index contributed by atoms with van der Waals surface area (Å²) in [5.74, 6) is 0.787. The van der Waals surface area contributed by atoms with Crippen LogP contribution in [0.15, 0.2) is 53.1 Å². The summed E-state index contributed by atoms with van der Waals surface area (Å²) in [6.07, 6.45) is 1.16.